The molecule has 210 valence electrons. The molecule has 1 fully saturated rings. The summed E-state index contributed by atoms with van der Waals surface area (Å²) in [5.74, 6) is -2.21. The first kappa shape index (κ1) is 27.2. The maximum absolute atomic E-state index is 14.6. The number of hydrogen-bond acceptors (Lipinski definition) is 6. The number of anilines is 1. The van der Waals surface area contributed by atoms with Crippen LogP contribution in [0.25, 0.3) is 11.4 Å². The number of urea groups is 1. The Morgan fingerprint density at radius 1 is 1.10 bits per heavy atom. The van der Waals surface area contributed by atoms with Crippen molar-refractivity contribution in [1.82, 2.24) is 24.7 Å². The van der Waals surface area contributed by atoms with E-state index in [9.17, 15) is 22.8 Å². The molecule has 2 aromatic heterocycles. The van der Waals surface area contributed by atoms with Crippen LogP contribution in [0, 0.1) is 23.4 Å². The van der Waals surface area contributed by atoms with Crippen molar-refractivity contribution in [2.24, 2.45) is 18.1 Å². The number of likely N-dealkylation sites (tertiary alicyclic amines) is 1. The predicted molar refractivity (Wildman–Crippen MR) is 140 cm³/mol. The maximum Gasteiger partial charge on any atom is 0.341 e. The lowest BCUT2D eigenvalue weighted by atomic mass is 10.0. The van der Waals surface area contributed by atoms with Gasteiger partial charge in [0.2, 0.25) is 5.91 Å². The molecular formula is C27H28F3N7O3. The molecule has 0 saturated carbocycles. The van der Waals surface area contributed by atoms with E-state index in [1.807, 2.05) is 13.8 Å². The van der Waals surface area contributed by atoms with Crippen LogP contribution >= 0.6 is 0 Å². The summed E-state index contributed by atoms with van der Waals surface area (Å²) < 4.78 is 49.5. The number of pyridine rings is 1. The van der Waals surface area contributed by atoms with Crippen molar-refractivity contribution in [2.45, 2.75) is 38.8 Å². The highest BCUT2D eigenvalue weighted by atomic mass is 19.1. The predicted octanol–water partition coefficient (Wildman–Crippen LogP) is 4.50. The molecule has 0 bridgehead atoms. The highest BCUT2D eigenvalue weighted by Crippen LogP contribution is 2.33. The van der Waals surface area contributed by atoms with Gasteiger partial charge in [0.1, 0.15) is 23.4 Å². The zero-order valence-corrected chi connectivity index (χ0v) is 22.1. The van der Waals surface area contributed by atoms with Crippen LogP contribution in [0.15, 0.2) is 41.8 Å². The van der Waals surface area contributed by atoms with Gasteiger partial charge in [0.05, 0.1) is 42.9 Å². The Morgan fingerprint density at radius 2 is 1.82 bits per heavy atom. The van der Waals surface area contributed by atoms with Crippen LogP contribution in [0.2, 0.25) is 0 Å². The highest BCUT2D eigenvalue weighted by molar-refractivity contribution is 5.94. The van der Waals surface area contributed by atoms with Crippen LogP contribution < -0.4 is 10.1 Å². The minimum Gasteiger partial charge on any atom is -0.483 e. The lowest BCUT2D eigenvalue weighted by Crippen LogP contribution is -2.58. The minimum atomic E-state index is -0.735. The van der Waals surface area contributed by atoms with Gasteiger partial charge in [-0.1, -0.05) is 13.8 Å². The molecule has 1 aromatic carbocycles. The summed E-state index contributed by atoms with van der Waals surface area (Å²) in [5.41, 5.74) is 1.58. The van der Waals surface area contributed by atoms with Crippen LogP contribution in [0.5, 0.6) is 5.75 Å². The Kier molecular flexibility index (Phi) is 7.46. The molecule has 4 heterocycles. The molecule has 2 aliphatic heterocycles. The quantitative estimate of drug-likeness (QED) is 0.462. The third-order valence-electron chi connectivity index (χ3n) is 6.58. The monoisotopic (exact) mass is 555 g/mol. The zero-order chi connectivity index (χ0) is 28.6. The van der Waals surface area contributed by atoms with Crippen molar-refractivity contribution in [2.75, 3.05) is 18.4 Å². The number of hydrogen-bond donors (Lipinski definition) is 1. The Hall–Kier alpha value is -4.42. The van der Waals surface area contributed by atoms with Crippen LogP contribution in [-0.4, -0.2) is 62.0 Å². The molecule has 10 nitrogen and oxygen atoms in total. The third-order valence-corrected chi connectivity index (χ3v) is 6.58. The topological polar surface area (TPSA) is 105 Å². The molecule has 0 aliphatic carbocycles. The second-order valence-electron chi connectivity index (χ2n) is 10.2. The summed E-state index contributed by atoms with van der Waals surface area (Å²) >= 11 is 0. The Balaban J connectivity index is 1.25. The van der Waals surface area contributed by atoms with E-state index in [0.29, 0.717) is 35.5 Å². The molecule has 3 amide bonds. The van der Waals surface area contributed by atoms with Gasteiger partial charge in [-0.3, -0.25) is 14.5 Å². The number of benzene rings is 1. The average Bonchev–Trinajstić information content (AvgIpc) is 3.48. The number of nitrogens with one attached hydrogen (secondary N) is 1. The first-order valence-electron chi connectivity index (χ1n) is 12.8. The molecule has 13 heteroatoms. The van der Waals surface area contributed by atoms with Gasteiger partial charge in [0, 0.05) is 38.2 Å². The smallest absolute Gasteiger partial charge is 0.341 e. The molecule has 0 spiro atoms. The summed E-state index contributed by atoms with van der Waals surface area (Å²) in [4.78, 5) is 31.0. The normalized spacial score (nSPS) is 16.9. The van der Waals surface area contributed by atoms with Gasteiger partial charge in [0.15, 0.2) is 11.6 Å². The van der Waals surface area contributed by atoms with Crippen LogP contribution in [0.3, 0.4) is 0 Å². The number of aromatic nitrogens is 3. The lowest BCUT2D eigenvalue weighted by molar-refractivity contribution is -0.116. The number of carbonyl (C=O) groups is 2. The van der Waals surface area contributed by atoms with Crippen LogP contribution in [0.1, 0.15) is 38.3 Å². The fraction of sp³-hybridized carbons (Fsp3) is 0.370. The van der Waals surface area contributed by atoms with E-state index in [1.54, 1.807) is 7.05 Å². The van der Waals surface area contributed by atoms with Crippen molar-refractivity contribution in [3.05, 3.63) is 59.7 Å². The standard InChI is InChI=1S/C27H28F3N7O3/c1-15(2)6-25(38)34-22-12-33-35(3)26(22)21-10-24(20(30)11-31-21)40-19-13-36(14-19)27(39)37-23(4-5-32-37)16-7-17(28)9-18(29)8-16/h5,7-12,15,19,23H,4,6,13-14H2,1-3H3,(H,34,38)/t23-/m0/s1. The fourth-order valence-electron chi connectivity index (χ4n) is 4.68. The fourth-order valence-corrected chi connectivity index (χ4v) is 4.68. The summed E-state index contributed by atoms with van der Waals surface area (Å²) in [6, 6.07) is 3.47. The summed E-state index contributed by atoms with van der Waals surface area (Å²) in [6.07, 6.45) is 4.20. The van der Waals surface area contributed by atoms with E-state index in [0.717, 1.165) is 12.3 Å². The van der Waals surface area contributed by atoms with Crippen molar-refractivity contribution in [1.29, 1.82) is 0 Å². The van der Waals surface area contributed by atoms with E-state index in [2.05, 4.69) is 20.5 Å². The minimum absolute atomic E-state index is 0.0601. The Labute approximate surface area is 228 Å². The number of carbonyl (C=O) groups excluding carboxylic acids is 2. The van der Waals surface area contributed by atoms with Crippen LogP contribution in [0.4, 0.5) is 23.7 Å². The van der Waals surface area contributed by atoms with Crippen molar-refractivity contribution >= 4 is 23.8 Å². The lowest BCUT2D eigenvalue weighted by Gasteiger charge is -2.41. The Morgan fingerprint density at radius 3 is 2.52 bits per heavy atom. The molecule has 5 rings (SSSR count). The third kappa shape index (κ3) is 5.63. The molecule has 1 atom stereocenters. The van der Waals surface area contributed by atoms with E-state index < -0.39 is 35.6 Å². The van der Waals surface area contributed by atoms with Crippen molar-refractivity contribution in [3.8, 4) is 17.1 Å². The van der Waals surface area contributed by atoms with Crippen molar-refractivity contribution < 1.29 is 27.5 Å². The number of hydrazone groups is 1. The number of amides is 3. The first-order chi connectivity index (χ1) is 19.1. The highest BCUT2D eigenvalue weighted by Gasteiger charge is 2.39. The number of halogens is 3. The van der Waals surface area contributed by atoms with Gasteiger partial charge >= 0.3 is 6.03 Å². The first-order valence-corrected chi connectivity index (χ1v) is 12.8. The molecule has 1 N–H and O–H groups in total. The zero-order valence-electron chi connectivity index (χ0n) is 22.1. The van der Waals surface area contributed by atoms with Gasteiger partial charge < -0.3 is 15.0 Å². The maximum atomic E-state index is 14.6. The second kappa shape index (κ2) is 11.0. The number of nitrogens with zero attached hydrogens (tertiary/aromatic N) is 6. The van der Waals surface area contributed by atoms with Gasteiger partial charge in [-0.15, -0.1) is 0 Å². The van der Waals surface area contributed by atoms with Gasteiger partial charge in [-0.2, -0.15) is 10.2 Å². The van der Waals surface area contributed by atoms with E-state index in [-0.39, 0.29) is 30.7 Å². The number of rotatable bonds is 7. The van der Waals surface area contributed by atoms with E-state index >= 15 is 0 Å². The second-order valence-corrected chi connectivity index (χ2v) is 10.2. The molecule has 0 unspecified atom stereocenters. The molecule has 40 heavy (non-hydrogen) atoms. The number of aryl methyl sites for hydroxylation is 1. The van der Waals surface area contributed by atoms with E-state index in [1.165, 1.54) is 45.2 Å². The largest absolute Gasteiger partial charge is 0.483 e. The summed E-state index contributed by atoms with van der Waals surface area (Å²) in [5, 5.41) is 12.3. The SMILES string of the molecule is CC(C)CC(=O)Nc1cnn(C)c1-c1cc(OC2CN(C(=O)N3N=CC[C@H]3c3cc(F)cc(F)c3)C2)c(F)cn1. The van der Waals surface area contributed by atoms with Gasteiger partial charge in [-0.05, 0) is 23.6 Å². The summed E-state index contributed by atoms with van der Waals surface area (Å²) in [6.45, 7) is 4.20. The van der Waals surface area contributed by atoms with Crippen LogP contribution in [-0.2, 0) is 11.8 Å². The van der Waals surface area contributed by atoms with Gasteiger partial charge in [-0.25, -0.2) is 23.0 Å². The molecule has 1 saturated heterocycles. The molecule has 2 aliphatic rings. The van der Waals surface area contributed by atoms with E-state index in [4.69, 9.17) is 4.74 Å². The molecule has 0 radical (unpaired) electrons. The molecular weight excluding hydrogens is 527 g/mol. The molecule has 3 aromatic rings. The Bertz CT molecular complexity index is 1450. The van der Waals surface area contributed by atoms with Gasteiger partial charge in [0.25, 0.3) is 0 Å². The number of ether oxygens (including phenoxy) is 1. The summed E-state index contributed by atoms with van der Waals surface area (Å²) in [7, 11) is 1.68. The average molecular weight is 556 g/mol. The van der Waals surface area contributed by atoms with Crippen molar-refractivity contribution in [3.63, 3.8) is 0 Å².